The fourth-order valence-corrected chi connectivity index (χ4v) is 3.79. The molecule has 0 amide bonds. The van der Waals surface area contributed by atoms with Crippen LogP contribution in [0.2, 0.25) is 0 Å². The van der Waals surface area contributed by atoms with Gasteiger partial charge in [-0.25, -0.2) is 0 Å². The Labute approximate surface area is 128 Å². The highest BCUT2D eigenvalue weighted by molar-refractivity contribution is 5.54. The summed E-state index contributed by atoms with van der Waals surface area (Å²) >= 11 is 0. The van der Waals surface area contributed by atoms with E-state index in [0.717, 1.165) is 13.0 Å². The first kappa shape index (κ1) is 14.7. The lowest BCUT2D eigenvalue weighted by Crippen LogP contribution is -2.45. The van der Waals surface area contributed by atoms with Crippen LogP contribution < -0.4 is 10.2 Å². The van der Waals surface area contributed by atoms with Crippen LogP contribution in [-0.2, 0) is 4.74 Å². The zero-order valence-electron chi connectivity index (χ0n) is 13.4. The maximum atomic E-state index is 6.18. The van der Waals surface area contributed by atoms with Gasteiger partial charge in [-0.3, -0.25) is 0 Å². The van der Waals surface area contributed by atoms with Gasteiger partial charge in [0.2, 0.25) is 0 Å². The smallest absolute Gasteiger partial charge is 0.0702 e. The second-order valence-corrected chi connectivity index (χ2v) is 6.87. The predicted octanol–water partition coefficient (Wildman–Crippen LogP) is 4.05. The summed E-state index contributed by atoms with van der Waals surface area (Å²) in [6.07, 6.45) is 8.86. The van der Waals surface area contributed by atoms with Crippen LogP contribution in [0.3, 0.4) is 0 Å². The summed E-state index contributed by atoms with van der Waals surface area (Å²) in [6.45, 7) is 0.910. The Bertz CT molecular complexity index is 443. The Balaban J connectivity index is 1.61. The lowest BCUT2D eigenvalue weighted by molar-refractivity contribution is -0.103. The van der Waals surface area contributed by atoms with Gasteiger partial charge >= 0.3 is 0 Å². The van der Waals surface area contributed by atoms with Crippen molar-refractivity contribution in [2.75, 3.05) is 30.9 Å². The topological polar surface area (TPSA) is 24.5 Å². The number of nitrogens with zero attached hydrogens (tertiary/aromatic N) is 1. The Morgan fingerprint density at radius 3 is 2.48 bits per heavy atom. The normalized spacial score (nSPS) is 24.8. The van der Waals surface area contributed by atoms with E-state index in [0.29, 0.717) is 6.04 Å². The summed E-state index contributed by atoms with van der Waals surface area (Å²) in [4.78, 5) is 2.13. The third-order valence-corrected chi connectivity index (χ3v) is 5.01. The highest BCUT2D eigenvalue weighted by Crippen LogP contribution is 2.39. The minimum Gasteiger partial charge on any atom is -0.382 e. The van der Waals surface area contributed by atoms with Crippen LogP contribution in [0, 0.1) is 0 Å². The SMILES string of the molecule is CN(C)c1ccc(NC2CCOC3(CCCCC3)C2)cc1. The third-order valence-electron chi connectivity index (χ3n) is 5.01. The molecule has 2 fully saturated rings. The molecule has 0 aromatic heterocycles. The number of hydrogen-bond donors (Lipinski definition) is 1. The molecule has 1 atom stereocenters. The van der Waals surface area contributed by atoms with Crippen molar-refractivity contribution >= 4 is 11.4 Å². The van der Waals surface area contributed by atoms with Gasteiger partial charge < -0.3 is 15.0 Å². The molecule has 1 saturated heterocycles. The van der Waals surface area contributed by atoms with Crippen molar-refractivity contribution < 1.29 is 4.74 Å². The van der Waals surface area contributed by atoms with Gasteiger partial charge in [-0.15, -0.1) is 0 Å². The molecule has 1 unspecified atom stereocenters. The molecule has 116 valence electrons. The fraction of sp³-hybridized carbons (Fsp3) is 0.667. The number of hydrogen-bond acceptors (Lipinski definition) is 3. The van der Waals surface area contributed by atoms with Gasteiger partial charge in [0, 0.05) is 38.1 Å². The van der Waals surface area contributed by atoms with Crippen LogP contribution in [0.1, 0.15) is 44.9 Å². The molecule has 1 aliphatic heterocycles. The highest BCUT2D eigenvalue weighted by atomic mass is 16.5. The number of benzene rings is 1. The van der Waals surface area contributed by atoms with Crippen molar-refractivity contribution in [1.29, 1.82) is 0 Å². The zero-order valence-corrected chi connectivity index (χ0v) is 13.4. The van der Waals surface area contributed by atoms with Crippen molar-refractivity contribution in [3.63, 3.8) is 0 Å². The molecule has 1 aromatic rings. The molecule has 2 aliphatic rings. The van der Waals surface area contributed by atoms with Gasteiger partial charge in [-0.05, 0) is 49.9 Å². The molecular formula is C18H28N2O. The summed E-state index contributed by atoms with van der Waals surface area (Å²) in [5, 5.41) is 3.72. The Hall–Kier alpha value is -1.22. The van der Waals surface area contributed by atoms with Crippen molar-refractivity contribution in [3.05, 3.63) is 24.3 Å². The van der Waals surface area contributed by atoms with Crippen LogP contribution in [0.15, 0.2) is 24.3 Å². The van der Waals surface area contributed by atoms with Gasteiger partial charge in [0.05, 0.1) is 5.60 Å². The summed E-state index contributed by atoms with van der Waals surface area (Å²) in [7, 11) is 4.15. The first-order valence-electron chi connectivity index (χ1n) is 8.35. The van der Waals surface area contributed by atoms with E-state index in [1.807, 2.05) is 0 Å². The van der Waals surface area contributed by atoms with E-state index >= 15 is 0 Å². The molecule has 1 aromatic carbocycles. The molecule has 21 heavy (non-hydrogen) atoms. The maximum absolute atomic E-state index is 6.18. The van der Waals surface area contributed by atoms with E-state index in [1.165, 1.54) is 49.9 Å². The average Bonchev–Trinajstić information content (AvgIpc) is 2.49. The van der Waals surface area contributed by atoms with E-state index in [1.54, 1.807) is 0 Å². The molecule has 1 saturated carbocycles. The van der Waals surface area contributed by atoms with Gasteiger partial charge in [-0.1, -0.05) is 19.3 Å². The minimum absolute atomic E-state index is 0.178. The highest BCUT2D eigenvalue weighted by Gasteiger charge is 2.38. The molecule has 0 bridgehead atoms. The summed E-state index contributed by atoms with van der Waals surface area (Å²) < 4.78 is 6.18. The molecule has 1 heterocycles. The molecule has 3 rings (SSSR count). The molecule has 0 radical (unpaired) electrons. The van der Waals surface area contributed by atoms with Crippen LogP contribution in [0.25, 0.3) is 0 Å². The second kappa shape index (κ2) is 6.27. The van der Waals surface area contributed by atoms with Gasteiger partial charge in [0.15, 0.2) is 0 Å². The largest absolute Gasteiger partial charge is 0.382 e. The van der Waals surface area contributed by atoms with Crippen LogP contribution in [0.4, 0.5) is 11.4 Å². The van der Waals surface area contributed by atoms with Crippen LogP contribution in [0.5, 0.6) is 0 Å². The quantitative estimate of drug-likeness (QED) is 0.908. The maximum Gasteiger partial charge on any atom is 0.0702 e. The number of nitrogens with one attached hydrogen (secondary N) is 1. The van der Waals surface area contributed by atoms with Gasteiger partial charge in [0.25, 0.3) is 0 Å². The van der Waals surface area contributed by atoms with E-state index in [9.17, 15) is 0 Å². The van der Waals surface area contributed by atoms with Crippen LogP contribution >= 0.6 is 0 Å². The molecule has 3 nitrogen and oxygen atoms in total. The second-order valence-electron chi connectivity index (χ2n) is 6.87. The lowest BCUT2D eigenvalue weighted by atomic mass is 9.78. The third kappa shape index (κ3) is 3.52. The molecule has 1 aliphatic carbocycles. The first-order chi connectivity index (χ1) is 10.2. The van der Waals surface area contributed by atoms with Gasteiger partial charge in [0.1, 0.15) is 0 Å². The predicted molar refractivity (Wildman–Crippen MR) is 89.2 cm³/mol. The summed E-state index contributed by atoms with van der Waals surface area (Å²) in [5.41, 5.74) is 2.66. The number of rotatable bonds is 3. The van der Waals surface area contributed by atoms with Crippen molar-refractivity contribution in [3.8, 4) is 0 Å². The van der Waals surface area contributed by atoms with E-state index in [4.69, 9.17) is 4.74 Å². The van der Waals surface area contributed by atoms with E-state index < -0.39 is 0 Å². The Morgan fingerprint density at radius 2 is 1.81 bits per heavy atom. The van der Waals surface area contributed by atoms with E-state index in [2.05, 4.69) is 48.6 Å². The Kier molecular flexibility index (Phi) is 4.39. The molecule has 1 N–H and O–H groups in total. The molecule has 1 spiro atoms. The van der Waals surface area contributed by atoms with Gasteiger partial charge in [-0.2, -0.15) is 0 Å². The fourth-order valence-electron chi connectivity index (χ4n) is 3.79. The monoisotopic (exact) mass is 288 g/mol. The zero-order chi connectivity index (χ0) is 14.7. The molecular weight excluding hydrogens is 260 g/mol. The standard InChI is InChI=1S/C18H28N2O/c1-20(2)17-8-6-15(7-9-17)19-16-10-13-21-18(14-16)11-4-3-5-12-18/h6-9,16,19H,3-5,10-14H2,1-2H3. The number of ether oxygens (including phenoxy) is 1. The number of anilines is 2. The van der Waals surface area contributed by atoms with Crippen molar-refractivity contribution in [2.45, 2.75) is 56.6 Å². The lowest BCUT2D eigenvalue weighted by Gasteiger charge is -2.44. The minimum atomic E-state index is 0.178. The van der Waals surface area contributed by atoms with Crippen molar-refractivity contribution in [2.24, 2.45) is 0 Å². The molecule has 3 heteroatoms. The Morgan fingerprint density at radius 1 is 1.10 bits per heavy atom. The average molecular weight is 288 g/mol. The summed E-state index contributed by atoms with van der Waals surface area (Å²) in [6, 6.07) is 9.30. The van der Waals surface area contributed by atoms with Crippen LogP contribution in [-0.4, -0.2) is 32.3 Å². The van der Waals surface area contributed by atoms with E-state index in [-0.39, 0.29) is 5.60 Å². The summed E-state index contributed by atoms with van der Waals surface area (Å²) in [5.74, 6) is 0. The first-order valence-corrected chi connectivity index (χ1v) is 8.35. The van der Waals surface area contributed by atoms with Crippen molar-refractivity contribution in [1.82, 2.24) is 0 Å².